The first-order valence-electron chi connectivity index (χ1n) is 5.87. The number of carbonyl (C=O) groups is 1. The van der Waals surface area contributed by atoms with Crippen LogP contribution in [0.5, 0.6) is 0 Å². The number of halogens is 1. The van der Waals surface area contributed by atoms with E-state index >= 15 is 0 Å². The lowest BCUT2D eigenvalue weighted by Crippen LogP contribution is -2.27. The van der Waals surface area contributed by atoms with Crippen molar-refractivity contribution in [2.75, 3.05) is 11.1 Å². The molecular formula is C13H16BrNOS. The lowest BCUT2D eigenvalue weighted by atomic mass is 10.1. The highest BCUT2D eigenvalue weighted by Crippen LogP contribution is 2.26. The van der Waals surface area contributed by atoms with Gasteiger partial charge in [0.2, 0.25) is 5.91 Å². The lowest BCUT2D eigenvalue weighted by molar-refractivity contribution is -0.115. The lowest BCUT2D eigenvalue weighted by Gasteiger charge is -2.20. The van der Waals surface area contributed by atoms with Crippen molar-refractivity contribution < 1.29 is 4.79 Å². The summed E-state index contributed by atoms with van der Waals surface area (Å²) in [6.45, 7) is 0. The van der Waals surface area contributed by atoms with E-state index in [9.17, 15) is 4.79 Å². The summed E-state index contributed by atoms with van der Waals surface area (Å²) < 4.78 is 0. The summed E-state index contributed by atoms with van der Waals surface area (Å²) in [6, 6.07) is 7.97. The van der Waals surface area contributed by atoms with Gasteiger partial charge in [-0.3, -0.25) is 4.79 Å². The van der Waals surface area contributed by atoms with Crippen LogP contribution in [0.25, 0.3) is 0 Å². The molecule has 2 rings (SSSR count). The predicted molar refractivity (Wildman–Crippen MR) is 77.8 cm³/mol. The molecule has 1 aliphatic heterocycles. The van der Waals surface area contributed by atoms with Crippen molar-refractivity contribution in [1.82, 2.24) is 0 Å². The molecule has 1 aromatic rings. The van der Waals surface area contributed by atoms with Gasteiger partial charge in [0.05, 0.1) is 5.25 Å². The van der Waals surface area contributed by atoms with E-state index in [2.05, 4.69) is 21.2 Å². The van der Waals surface area contributed by atoms with Crippen LogP contribution in [0.3, 0.4) is 0 Å². The van der Waals surface area contributed by atoms with Gasteiger partial charge in [0.1, 0.15) is 0 Å². The number of hydrogen-bond donors (Lipinski definition) is 1. The Bertz CT molecular complexity index is 391. The van der Waals surface area contributed by atoms with E-state index in [-0.39, 0.29) is 11.2 Å². The number of benzene rings is 1. The Kier molecular flexibility index (Phi) is 4.92. The molecule has 0 aromatic heterocycles. The normalized spacial score (nSPS) is 19.9. The van der Waals surface area contributed by atoms with Gasteiger partial charge >= 0.3 is 0 Å². The van der Waals surface area contributed by atoms with Crippen LogP contribution < -0.4 is 5.32 Å². The van der Waals surface area contributed by atoms with Crippen molar-refractivity contribution in [3.05, 3.63) is 29.8 Å². The molecule has 1 atom stereocenters. The summed E-state index contributed by atoms with van der Waals surface area (Å²) in [5.41, 5.74) is 2.08. The number of nitrogens with one attached hydrogen (secondary N) is 1. The van der Waals surface area contributed by atoms with Crippen LogP contribution >= 0.6 is 27.7 Å². The van der Waals surface area contributed by atoms with Gasteiger partial charge in [-0.1, -0.05) is 34.5 Å². The van der Waals surface area contributed by atoms with Crippen LogP contribution in [0.2, 0.25) is 0 Å². The summed E-state index contributed by atoms with van der Waals surface area (Å²) in [5.74, 6) is 1.26. The Morgan fingerprint density at radius 3 is 3.06 bits per heavy atom. The molecule has 1 saturated heterocycles. The van der Waals surface area contributed by atoms with Crippen molar-refractivity contribution in [3.63, 3.8) is 0 Å². The minimum atomic E-state index is 0.136. The number of carbonyl (C=O) groups excluding carboxylic acids is 1. The minimum absolute atomic E-state index is 0.136. The summed E-state index contributed by atoms with van der Waals surface area (Å²) in [5, 5.41) is 3.96. The Hall–Kier alpha value is -0.480. The van der Waals surface area contributed by atoms with Crippen molar-refractivity contribution in [1.29, 1.82) is 0 Å². The van der Waals surface area contributed by atoms with E-state index < -0.39 is 0 Å². The fourth-order valence-corrected chi connectivity index (χ4v) is 3.45. The van der Waals surface area contributed by atoms with Crippen molar-refractivity contribution >= 4 is 39.3 Å². The average molecular weight is 314 g/mol. The van der Waals surface area contributed by atoms with Crippen LogP contribution in [0.1, 0.15) is 24.8 Å². The molecule has 92 valence electrons. The maximum absolute atomic E-state index is 12.0. The number of anilines is 1. The number of rotatable bonds is 3. The predicted octanol–water partition coefficient (Wildman–Crippen LogP) is 3.81. The number of alkyl halides is 1. The first-order valence-corrected chi connectivity index (χ1v) is 8.04. The SMILES string of the molecule is O=C(Nc1cccc(CBr)c1)C1CCCCS1. The molecule has 1 aromatic carbocycles. The molecule has 0 radical (unpaired) electrons. The Balaban J connectivity index is 1.96. The second-order valence-corrected chi connectivity index (χ2v) is 6.05. The highest BCUT2D eigenvalue weighted by Gasteiger charge is 2.21. The van der Waals surface area contributed by atoms with Gasteiger partial charge in [-0.2, -0.15) is 0 Å². The molecule has 0 aliphatic carbocycles. The van der Waals surface area contributed by atoms with E-state index in [1.165, 1.54) is 18.4 Å². The molecule has 2 nitrogen and oxygen atoms in total. The molecule has 0 bridgehead atoms. The monoisotopic (exact) mass is 313 g/mol. The summed E-state index contributed by atoms with van der Waals surface area (Å²) in [7, 11) is 0. The minimum Gasteiger partial charge on any atom is -0.325 e. The Morgan fingerprint density at radius 1 is 1.47 bits per heavy atom. The molecule has 1 aliphatic rings. The molecule has 1 N–H and O–H groups in total. The molecule has 0 saturated carbocycles. The first kappa shape index (κ1) is 13.0. The van der Waals surface area contributed by atoms with Crippen molar-refractivity contribution in [3.8, 4) is 0 Å². The second-order valence-electron chi connectivity index (χ2n) is 4.18. The van der Waals surface area contributed by atoms with Gasteiger partial charge < -0.3 is 5.32 Å². The third-order valence-corrected chi connectivity index (χ3v) is 4.84. The standard InChI is InChI=1S/C13H16BrNOS/c14-9-10-4-3-5-11(8-10)15-13(16)12-6-1-2-7-17-12/h3-5,8,12H,1-2,6-7,9H2,(H,15,16). The van der Waals surface area contributed by atoms with E-state index in [1.54, 1.807) is 11.8 Å². The van der Waals surface area contributed by atoms with E-state index in [0.29, 0.717) is 0 Å². The van der Waals surface area contributed by atoms with Gasteiger partial charge in [-0.05, 0) is 36.3 Å². The zero-order chi connectivity index (χ0) is 12.1. The molecular weight excluding hydrogens is 298 g/mol. The van der Waals surface area contributed by atoms with Gasteiger partial charge in [0, 0.05) is 11.0 Å². The molecule has 1 amide bonds. The van der Waals surface area contributed by atoms with Crippen LogP contribution in [0.4, 0.5) is 5.69 Å². The zero-order valence-electron chi connectivity index (χ0n) is 9.62. The van der Waals surface area contributed by atoms with Gasteiger partial charge in [0.25, 0.3) is 0 Å². The number of amides is 1. The van der Waals surface area contributed by atoms with Gasteiger partial charge in [-0.25, -0.2) is 0 Å². The molecule has 0 spiro atoms. The summed E-state index contributed by atoms with van der Waals surface area (Å²) >= 11 is 5.20. The van der Waals surface area contributed by atoms with E-state index in [4.69, 9.17) is 0 Å². The fraction of sp³-hybridized carbons (Fsp3) is 0.462. The van der Waals surface area contributed by atoms with E-state index in [0.717, 1.165) is 23.2 Å². The first-order chi connectivity index (χ1) is 8.29. The van der Waals surface area contributed by atoms with Crippen LogP contribution in [0, 0.1) is 0 Å². The van der Waals surface area contributed by atoms with Crippen LogP contribution in [0.15, 0.2) is 24.3 Å². The Labute approximate surface area is 115 Å². The second kappa shape index (κ2) is 6.45. The van der Waals surface area contributed by atoms with Gasteiger partial charge in [0.15, 0.2) is 0 Å². The van der Waals surface area contributed by atoms with Gasteiger partial charge in [-0.15, -0.1) is 11.8 Å². The van der Waals surface area contributed by atoms with Crippen LogP contribution in [-0.4, -0.2) is 16.9 Å². The molecule has 1 unspecified atom stereocenters. The quantitative estimate of drug-likeness (QED) is 0.860. The Morgan fingerprint density at radius 2 is 2.35 bits per heavy atom. The smallest absolute Gasteiger partial charge is 0.237 e. The number of thioether (sulfide) groups is 1. The highest BCUT2D eigenvalue weighted by molar-refractivity contribution is 9.08. The highest BCUT2D eigenvalue weighted by atomic mass is 79.9. The summed E-state index contributed by atoms with van der Waals surface area (Å²) in [6.07, 6.45) is 3.43. The van der Waals surface area contributed by atoms with E-state index in [1.807, 2.05) is 24.3 Å². The molecule has 1 fully saturated rings. The zero-order valence-corrected chi connectivity index (χ0v) is 12.0. The number of hydrogen-bond acceptors (Lipinski definition) is 2. The topological polar surface area (TPSA) is 29.1 Å². The fourth-order valence-electron chi connectivity index (χ4n) is 1.90. The van der Waals surface area contributed by atoms with Crippen molar-refractivity contribution in [2.24, 2.45) is 0 Å². The largest absolute Gasteiger partial charge is 0.325 e. The van der Waals surface area contributed by atoms with Crippen molar-refractivity contribution in [2.45, 2.75) is 29.8 Å². The third-order valence-electron chi connectivity index (χ3n) is 2.82. The molecule has 4 heteroatoms. The molecule has 1 heterocycles. The summed E-state index contributed by atoms with van der Waals surface area (Å²) in [4.78, 5) is 12.0. The third kappa shape index (κ3) is 3.75. The van der Waals surface area contributed by atoms with Crippen LogP contribution in [-0.2, 0) is 10.1 Å². The maximum atomic E-state index is 12.0. The maximum Gasteiger partial charge on any atom is 0.237 e. The molecule has 17 heavy (non-hydrogen) atoms. The average Bonchev–Trinajstić information content (AvgIpc) is 2.40.